The third-order valence-electron chi connectivity index (χ3n) is 4.24. The first-order chi connectivity index (χ1) is 11.3. The van der Waals surface area contributed by atoms with Gasteiger partial charge in [0.1, 0.15) is 5.75 Å². The fourth-order valence-electron chi connectivity index (χ4n) is 2.99. The van der Waals surface area contributed by atoms with Crippen molar-refractivity contribution in [3.05, 3.63) is 51.3 Å². The maximum Gasteiger partial charge on any atom is 0.219 e. The second kappa shape index (κ2) is 6.67. The Bertz CT molecular complexity index is 845. The Morgan fingerprint density at radius 3 is 2.58 bits per heavy atom. The molecule has 1 aliphatic carbocycles. The zero-order chi connectivity index (χ0) is 17.4. The summed E-state index contributed by atoms with van der Waals surface area (Å²) in [6.07, 6.45) is 3.08. The monoisotopic (exact) mass is 388 g/mol. The van der Waals surface area contributed by atoms with Gasteiger partial charge in [-0.2, -0.15) is 0 Å². The highest BCUT2D eigenvalue weighted by atomic mass is 35.5. The van der Waals surface area contributed by atoms with E-state index >= 15 is 0 Å². The Hall–Kier alpha value is -1.08. The van der Waals surface area contributed by atoms with Crippen LogP contribution in [0.3, 0.4) is 0 Å². The van der Waals surface area contributed by atoms with Crippen molar-refractivity contribution in [1.29, 1.82) is 0 Å². The van der Waals surface area contributed by atoms with Crippen LogP contribution in [0.4, 0.5) is 0 Å². The molecule has 130 valence electrons. The van der Waals surface area contributed by atoms with E-state index in [-0.39, 0.29) is 5.75 Å². The summed E-state index contributed by atoms with van der Waals surface area (Å²) in [5.41, 5.74) is 1.05. The van der Waals surface area contributed by atoms with Gasteiger partial charge in [-0.15, -0.1) is 0 Å². The van der Waals surface area contributed by atoms with Crippen LogP contribution < -0.4 is 4.72 Å². The Kier molecular flexibility index (Phi) is 4.93. The van der Waals surface area contributed by atoms with E-state index < -0.39 is 15.6 Å². The van der Waals surface area contributed by atoms with Crippen LogP contribution in [0.15, 0.2) is 28.8 Å². The molecule has 0 atom stereocenters. The molecule has 0 amide bonds. The van der Waals surface area contributed by atoms with E-state index in [2.05, 4.69) is 9.88 Å². The number of rotatable bonds is 6. The molecule has 1 saturated carbocycles. The lowest BCUT2D eigenvalue weighted by Gasteiger charge is -2.42. The van der Waals surface area contributed by atoms with Crippen molar-refractivity contribution >= 4 is 33.2 Å². The molecule has 3 rings (SSSR count). The molecule has 0 unspecified atom stereocenters. The molecule has 8 heteroatoms. The number of aryl methyl sites for hydroxylation is 1. The largest absolute Gasteiger partial charge is 0.360 e. The fourth-order valence-corrected chi connectivity index (χ4v) is 4.98. The molecule has 0 radical (unpaired) electrons. The summed E-state index contributed by atoms with van der Waals surface area (Å²) < 4.78 is 32.8. The van der Waals surface area contributed by atoms with Gasteiger partial charge >= 0.3 is 0 Å². The van der Waals surface area contributed by atoms with E-state index in [9.17, 15) is 8.42 Å². The second-order valence-electron chi connectivity index (χ2n) is 6.34. The topological polar surface area (TPSA) is 72.2 Å². The number of aromatic nitrogens is 1. The number of hydrogen-bond acceptors (Lipinski definition) is 4. The number of sulfonamides is 1. The zero-order valence-corrected chi connectivity index (χ0v) is 15.5. The highest BCUT2D eigenvalue weighted by Crippen LogP contribution is 2.38. The Morgan fingerprint density at radius 2 is 2.04 bits per heavy atom. The van der Waals surface area contributed by atoms with Crippen LogP contribution in [0.2, 0.25) is 10.0 Å². The Morgan fingerprint density at radius 1 is 1.29 bits per heavy atom. The number of benzene rings is 1. The van der Waals surface area contributed by atoms with Crippen molar-refractivity contribution < 1.29 is 12.9 Å². The van der Waals surface area contributed by atoms with Gasteiger partial charge in [-0.05, 0) is 50.3 Å². The molecule has 2 aromatic rings. The molecule has 24 heavy (non-hydrogen) atoms. The molecule has 0 aliphatic heterocycles. The van der Waals surface area contributed by atoms with Crippen LogP contribution >= 0.6 is 23.2 Å². The maximum atomic E-state index is 12.5. The Labute approximate surface area is 151 Å². The number of halogens is 2. The average molecular weight is 389 g/mol. The summed E-state index contributed by atoms with van der Waals surface area (Å²) in [5.74, 6) is 0.114. The fraction of sp³-hybridized carbons (Fsp3) is 0.438. The lowest BCUT2D eigenvalue weighted by atomic mass is 9.74. The van der Waals surface area contributed by atoms with E-state index in [1.54, 1.807) is 25.1 Å². The quantitative estimate of drug-likeness (QED) is 0.814. The lowest BCUT2D eigenvalue weighted by molar-refractivity contribution is 0.220. The molecule has 1 aromatic carbocycles. The van der Waals surface area contributed by atoms with Gasteiger partial charge in [0.25, 0.3) is 0 Å². The van der Waals surface area contributed by atoms with Gasteiger partial charge in [0.2, 0.25) is 10.0 Å². The first kappa shape index (κ1) is 17.7. The van der Waals surface area contributed by atoms with Gasteiger partial charge in [0.05, 0.1) is 5.69 Å². The molecular weight excluding hydrogens is 371 g/mol. The molecule has 0 saturated heterocycles. The summed E-state index contributed by atoms with van der Waals surface area (Å²) in [7, 11) is -3.53. The molecule has 5 nitrogen and oxygen atoms in total. The van der Waals surface area contributed by atoms with E-state index in [0.717, 1.165) is 24.8 Å². The SMILES string of the molecule is Cc1cc(CS(=O)(=O)NC2(Cc3ccc(Cl)cc3Cl)CCC2)on1. The van der Waals surface area contributed by atoms with Crippen LogP contribution in [0.1, 0.15) is 36.3 Å². The molecule has 1 aromatic heterocycles. The minimum atomic E-state index is -3.53. The van der Waals surface area contributed by atoms with Crippen molar-refractivity contribution in [3.63, 3.8) is 0 Å². The standard InChI is InChI=1S/C16H18Cl2N2O3S/c1-11-7-14(23-19-11)10-24(21,22)20-16(5-2-6-16)9-12-3-4-13(17)8-15(12)18/h3-4,7-8,20H,2,5-6,9-10H2,1H3. The van der Waals surface area contributed by atoms with Crippen molar-refractivity contribution in [2.45, 2.75) is 43.9 Å². The van der Waals surface area contributed by atoms with Crippen molar-refractivity contribution in [2.24, 2.45) is 0 Å². The van der Waals surface area contributed by atoms with Gasteiger partial charge in [0.15, 0.2) is 5.76 Å². The second-order valence-corrected chi connectivity index (χ2v) is 8.91. The van der Waals surface area contributed by atoms with Gasteiger partial charge in [-0.3, -0.25) is 0 Å². The molecule has 1 fully saturated rings. The van der Waals surface area contributed by atoms with Gasteiger partial charge in [-0.1, -0.05) is 34.4 Å². The van der Waals surface area contributed by atoms with Crippen LogP contribution in [0.5, 0.6) is 0 Å². The van der Waals surface area contributed by atoms with Gasteiger partial charge in [0, 0.05) is 21.7 Å². The maximum absolute atomic E-state index is 12.5. The normalized spacial score (nSPS) is 16.8. The van der Waals surface area contributed by atoms with Gasteiger partial charge in [-0.25, -0.2) is 13.1 Å². The van der Waals surface area contributed by atoms with Crippen molar-refractivity contribution in [3.8, 4) is 0 Å². The average Bonchev–Trinajstić information content (AvgIpc) is 2.83. The molecule has 0 spiro atoms. The summed E-state index contributed by atoms with van der Waals surface area (Å²) >= 11 is 12.2. The number of hydrogen-bond donors (Lipinski definition) is 1. The molecule has 1 N–H and O–H groups in total. The van der Waals surface area contributed by atoms with E-state index in [4.69, 9.17) is 27.7 Å². The first-order valence-corrected chi connectivity index (χ1v) is 10.1. The molecular formula is C16H18Cl2N2O3S. The minimum absolute atomic E-state index is 0.218. The van der Waals surface area contributed by atoms with Crippen LogP contribution in [-0.4, -0.2) is 19.1 Å². The van der Waals surface area contributed by atoms with Gasteiger partial charge < -0.3 is 4.52 Å². The van der Waals surface area contributed by atoms with Crippen LogP contribution in [0.25, 0.3) is 0 Å². The predicted octanol–water partition coefficient (Wildman–Crippen LogP) is 3.87. The number of nitrogens with zero attached hydrogens (tertiary/aromatic N) is 1. The molecule has 1 aliphatic rings. The smallest absolute Gasteiger partial charge is 0.219 e. The van der Waals surface area contributed by atoms with Crippen LogP contribution in [0, 0.1) is 6.92 Å². The third-order valence-corrected chi connectivity index (χ3v) is 6.23. The third kappa shape index (κ3) is 4.11. The van der Waals surface area contributed by atoms with E-state index in [1.165, 1.54) is 0 Å². The lowest BCUT2D eigenvalue weighted by Crippen LogP contribution is -2.55. The summed E-state index contributed by atoms with van der Waals surface area (Å²) in [6, 6.07) is 6.92. The van der Waals surface area contributed by atoms with Crippen LogP contribution in [-0.2, 0) is 22.2 Å². The summed E-state index contributed by atoms with van der Waals surface area (Å²) in [4.78, 5) is 0. The van der Waals surface area contributed by atoms with Crippen molar-refractivity contribution in [2.75, 3.05) is 0 Å². The molecule has 1 heterocycles. The Balaban J connectivity index is 1.75. The predicted molar refractivity (Wildman–Crippen MR) is 93.7 cm³/mol. The summed E-state index contributed by atoms with van der Waals surface area (Å²) in [5, 5.41) is 4.84. The first-order valence-electron chi connectivity index (χ1n) is 7.65. The molecule has 0 bridgehead atoms. The van der Waals surface area contributed by atoms with E-state index in [0.29, 0.717) is 27.9 Å². The number of nitrogens with one attached hydrogen (secondary N) is 1. The highest BCUT2D eigenvalue weighted by molar-refractivity contribution is 7.88. The highest BCUT2D eigenvalue weighted by Gasteiger charge is 2.41. The van der Waals surface area contributed by atoms with Crippen molar-refractivity contribution in [1.82, 2.24) is 9.88 Å². The summed E-state index contributed by atoms with van der Waals surface area (Å²) in [6.45, 7) is 1.75. The zero-order valence-electron chi connectivity index (χ0n) is 13.2. The van der Waals surface area contributed by atoms with E-state index in [1.807, 2.05) is 6.07 Å². The minimum Gasteiger partial charge on any atom is -0.360 e.